The smallest absolute Gasteiger partial charge is 0.220 e. The van der Waals surface area contributed by atoms with Crippen molar-refractivity contribution >= 4 is 21.8 Å². The number of halogens is 2. The minimum absolute atomic E-state index is 0.0187. The molecule has 0 saturated heterocycles. The fourth-order valence-corrected chi connectivity index (χ4v) is 1.71. The fraction of sp³-hybridized carbons (Fsp3) is 0.417. The maximum atomic E-state index is 12.8. The molecule has 0 spiro atoms. The quantitative estimate of drug-likeness (QED) is 0.632. The van der Waals surface area contributed by atoms with Crippen LogP contribution < -0.4 is 5.32 Å². The lowest BCUT2D eigenvalue weighted by Gasteiger charge is -2.04. The Morgan fingerprint density at radius 3 is 2.88 bits per heavy atom. The Hall–Kier alpha value is -0.900. The van der Waals surface area contributed by atoms with E-state index >= 15 is 0 Å². The zero-order valence-corrected chi connectivity index (χ0v) is 10.6. The van der Waals surface area contributed by atoms with Gasteiger partial charge in [-0.1, -0.05) is 28.1 Å². The first-order chi connectivity index (χ1) is 7.72. The van der Waals surface area contributed by atoms with Gasteiger partial charge in [-0.2, -0.15) is 0 Å². The Labute approximate surface area is 103 Å². The van der Waals surface area contributed by atoms with Crippen molar-refractivity contribution in [1.82, 2.24) is 5.32 Å². The predicted octanol–water partition coefficient (Wildman–Crippen LogP) is 3.01. The zero-order valence-electron chi connectivity index (χ0n) is 9.01. The van der Waals surface area contributed by atoms with Gasteiger partial charge in [0.05, 0.1) is 0 Å². The molecule has 1 aromatic rings. The van der Waals surface area contributed by atoms with Crippen LogP contribution in [-0.4, -0.2) is 11.2 Å². The van der Waals surface area contributed by atoms with Crippen molar-refractivity contribution in [2.45, 2.75) is 25.8 Å². The second kappa shape index (κ2) is 7.39. The van der Waals surface area contributed by atoms with Gasteiger partial charge in [0.25, 0.3) is 0 Å². The van der Waals surface area contributed by atoms with E-state index in [0.29, 0.717) is 13.0 Å². The number of rotatable bonds is 6. The lowest BCUT2D eigenvalue weighted by Crippen LogP contribution is -2.22. The number of benzene rings is 1. The maximum absolute atomic E-state index is 12.8. The number of hydrogen-bond donors (Lipinski definition) is 1. The molecule has 1 amide bonds. The molecule has 0 aliphatic carbocycles. The first-order valence-corrected chi connectivity index (χ1v) is 6.41. The Balaban J connectivity index is 2.26. The maximum Gasteiger partial charge on any atom is 0.220 e. The standard InChI is InChI=1S/C12H15BrFNO/c13-7-2-1-6-12(16)15-9-10-4-3-5-11(14)8-10/h3-5,8H,1-2,6-7,9H2,(H,15,16). The molecule has 0 atom stereocenters. The second-order valence-electron chi connectivity index (χ2n) is 3.55. The number of hydrogen-bond acceptors (Lipinski definition) is 1. The monoisotopic (exact) mass is 287 g/mol. The Bertz CT molecular complexity index is 344. The SMILES string of the molecule is O=C(CCCCBr)NCc1cccc(F)c1. The summed E-state index contributed by atoms with van der Waals surface area (Å²) in [5.74, 6) is -0.253. The molecule has 1 rings (SSSR count). The van der Waals surface area contributed by atoms with Crippen molar-refractivity contribution in [3.8, 4) is 0 Å². The third-order valence-corrected chi connectivity index (χ3v) is 2.73. The van der Waals surface area contributed by atoms with Crippen LogP contribution in [0.2, 0.25) is 0 Å². The van der Waals surface area contributed by atoms with E-state index in [4.69, 9.17) is 0 Å². The van der Waals surface area contributed by atoms with Crippen molar-refractivity contribution in [2.75, 3.05) is 5.33 Å². The first-order valence-electron chi connectivity index (χ1n) is 5.29. The first kappa shape index (κ1) is 13.2. The predicted molar refractivity (Wildman–Crippen MR) is 65.9 cm³/mol. The van der Waals surface area contributed by atoms with Crippen molar-refractivity contribution < 1.29 is 9.18 Å². The molecule has 0 saturated carbocycles. The van der Waals surface area contributed by atoms with Crippen molar-refractivity contribution in [3.05, 3.63) is 35.6 Å². The van der Waals surface area contributed by atoms with E-state index in [1.165, 1.54) is 12.1 Å². The molecule has 1 N–H and O–H groups in total. The van der Waals surface area contributed by atoms with E-state index in [2.05, 4.69) is 21.2 Å². The number of amides is 1. The van der Waals surface area contributed by atoms with Crippen LogP contribution >= 0.6 is 15.9 Å². The highest BCUT2D eigenvalue weighted by Crippen LogP contribution is 2.03. The largest absolute Gasteiger partial charge is 0.352 e. The summed E-state index contributed by atoms with van der Waals surface area (Å²) >= 11 is 3.31. The highest BCUT2D eigenvalue weighted by molar-refractivity contribution is 9.09. The molecule has 0 bridgehead atoms. The van der Waals surface area contributed by atoms with Crippen LogP contribution in [0.4, 0.5) is 4.39 Å². The van der Waals surface area contributed by atoms with Crippen LogP contribution in [0, 0.1) is 5.82 Å². The van der Waals surface area contributed by atoms with E-state index in [-0.39, 0.29) is 11.7 Å². The van der Waals surface area contributed by atoms with Gasteiger partial charge >= 0.3 is 0 Å². The third kappa shape index (κ3) is 5.26. The van der Waals surface area contributed by atoms with E-state index in [1.54, 1.807) is 12.1 Å². The molecule has 88 valence electrons. The molecule has 0 aliphatic rings. The van der Waals surface area contributed by atoms with E-state index in [1.807, 2.05) is 0 Å². The summed E-state index contributed by atoms with van der Waals surface area (Å²) in [5, 5.41) is 3.68. The number of carbonyl (C=O) groups is 1. The molecule has 0 fully saturated rings. The van der Waals surface area contributed by atoms with Crippen molar-refractivity contribution in [2.24, 2.45) is 0 Å². The Morgan fingerprint density at radius 2 is 2.19 bits per heavy atom. The summed E-state index contributed by atoms with van der Waals surface area (Å²) < 4.78 is 12.8. The molecular weight excluding hydrogens is 273 g/mol. The minimum atomic E-state index is -0.272. The number of carbonyl (C=O) groups excluding carboxylic acids is 1. The lowest BCUT2D eigenvalue weighted by atomic mass is 10.2. The van der Waals surface area contributed by atoms with E-state index < -0.39 is 0 Å². The number of unbranched alkanes of at least 4 members (excludes halogenated alkanes) is 1. The summed E-state index contributed by atoms with van der Waals surface area (Å²) in [5.41, 5.74) is 0.786. The van der Waals surface area contributed by atoms with Gasteiger partial charge in [0.15, 0.2) is 0 Å². The molecular formula is C12H15BrFNO. The van der Waals surface area contributed by atoms with Crippen molar-refractivity contribution in [3.63, 3.8) is 0 Å². The summed E-state index contributed by atoms with van der Waals surface area (Å²) in [4.78, 5) is 11.4. The molecule has 0 radical (unpaired) electrons. The summed E-state index contributed by atoms with van der Waals surface area (Å²) in [6.07, 6.45) is 2.40. The molecule has 0 heterocycles. The van der Waals surface area contributed by atoms with Gasteiger partial charge in [-0.05, 0) is 30.5 Å². The Kier molecular flexibility index (Phi) is 6.08. The van der Waals surface area contributed by atoms with Gasteiger partial charge in [0.1, 0.15) is 5.82 Å². The van der Waals surface area contributed by atoms with Crippen LogP contribution in [0.5, 0.6) is 0 Å². The fourth-order valence-electron chi connectivity index (χ4n) is 1.32. The molecule has 0 aromatic heterocycles. The number of alkyl halides is 1. The average molecular weight is 288 g/mol. The van der Waals surface area contributed by atoms with Gasteiger partial charge in [-0.3, -0.25) is 4.79 Å². The van der Waals surface area contributed by atoms with Crippen molar-refractivity contribution in [1.29, 1.82) is 0 Å². The molecule has 2 nitrogen and oxygen atoms in total. The summed E-state index contributed by atoms with van der Waals surface area (Å²) in [6.45, 7) is 0.394. The van der Waals surface area contributed by atoms with Gasteiger partial charge < -0.3 is 5.32 Å². The average Bonchev–Trinajstić information content (AvgIpc) is 2.27. The van der Waals surface area contributed by atoms with Crippen LogP contribution in [0.15, 0.2) is 24.3 Å². The van der Waals surface area contributed by atoms with E-state index in [9.17, 15) is 9.18 Å². The minimum Gasteiger partial charge on any atom is -0.352 e. The number of nitrogens with one attached hydrogen (secondary N) is 1. The van der Waals surface area contributed by atoms with Gasteiger partial charge in [-0.25, -0.2) is 4.39 Å². The van der Waals surface area contributed by atoms with Crippen LogP contribution in [0.3, 0.4) is 0 Å². The highest BCUT2D eigenvalue weighted by Gasteiger charge is 2.01. The lowest BCUT2D eigenvalue weighted by molar-refractivity contribution is -0.121. The third-order valence-electron chi connectivity index (χ3n) is 2.17. The molecule has 16 heavy (non-hydrogen) atoms. The molecule has 1 aromatic carbocycles. The van der Waals surface area contributed by atoms with Gasteiger partial charge in [0.2, 0.25) is 5.91 Å². The van der Waals surface area contributed by atoms with E-state index in [0.717, 1.165) is 23.7 Å². The zero-order chi connectivity index (χ0) is 11.8. The summed E-state index contributed by atoms with van der Waals surface area (Å²) in [6, 6.07) is 6.25. The van der Waals surface area contributed by atoms with Gasteiger partial charge in [-0.15, -0.1) is 0 Å². The molecule has 0 unspecified atom stereocenters. The normalized spacial score (nSPS) is 10.1. The van der Waals surface area contributed by atoms with Gasteiger partial charge in [0, 0.05) is 18.3 Å². The highest BCUT2D eigenvalue weighted by atomic mass is 79.9. The Morgan fingerprint density at radius 1 is 1.38 bits per heavy atom. The second-order valence-corrected chi connectivity index (χ2v) is 4.35. The summed E-state index contributed by atoms with van der Waals surface area (Å²) in [7, 11) is 0. The molecule has 0 aliphatic heterocycles. The topological polar surface area (TPSA) is 29.1 Å². The van der Waals surface area contributed by atoms with Crippen LogP contribution in [0.1, 0.15) is 24.8 Å². The van der Waals surface area contributed by atoms with Crippen LogP contribution in [0.25, 0.3) is 0 Å². The van der Waals surface area contributed by atoms with Crippen LogP contribution in [-0.2, 0) is 11.3 Å². The molecule has 4 heteroatoms.